The molecule has 1 saturated heterocycles. The van der Waals surface area contributed by atoms with Gasteiger partial charge >= 0.3 is 5.97 Å². The summed E-state index contributed by atoms with van der Waals surface area (Å²) in [6.07, 6.45) is 1.71. The van der Waals surface area contributed by atoms with Crippen LogP contribution in [0.3, 0.4) is 0 Å². The summed E-state index contributed by atoms with van der Waals surface area (Å²) in [7, 11) is -3.40. The van der Waals surface area contributed by atoms with Gasteiger partial charge in [-0.25, -0.2) is 17.1 Å². The minimum Gasteiger partial charge on any atom is -0.481 e. The van der Waals surface area contributed by atoms with Gasteiger partial charge in [0.15, 0.2) is 0 Å². The van der Waals surface area contributed by atoms with E-state index in [2.05, 4.69) is 4.99 Å². The van der Waals surface area contributed by atoms with Crippen LogP contribution in [0.2, 0.25) is 0 Å². The van der Waals surface area contributed by atoms with Crippen molar-refractivity contribution >= 4 is 21.7 Å². The molecule has 2 heterocycles. The lowest BCUT2D eigenvalue weighted by Gasteiger charge is -2.38. The summed E-state index contributed by atoms with van der Waals surface area (Å²) in [5.41, 5.74) is 2.62. The summed E-state index contributed by atoms with van der Waals surface area (Å²) in [6, 6.07) is 4.65. The number of carboxylic acid groups (broad SMARTS) is 1. The van der Waals surface area contributed by atoms with E-state index < -0.39 is 21.2 Å². The highest BCUT2D eigenvalue weighted by molar-refractivity contribution is 7.89. The van der Waals surface area contributed by atoms with Crippen molar-refractivity contribution in [1.29, 1.82) is 0 Å². The maximum absolute atomic E-state index is 13.6. The Kier molecular flexibility index (Phi) is 6.19. The second-order valence-corrected chi connectivity index (χ2v) is 10.4. The van der Waals surface area contributed by atoms with E-state index in [-0.39, 0.29) is 24.1 Å². The molecule has 0 spiro atoms. The van der Waals surface area contributed by atoms with Gasteiger partial charge in [0, 0.05) is 31.8 Å². The predicted octanol–water partition coefficient (Wildman–Crippen LogP) is 2.71. The van der Waals surface area contributed by atoms with Crippen molar-refractivity contribution in [3.05, 3.63) is 35.1 Å². The molecular weight excluding hydrogens is 383 g/mol. The Balaban J connectivity index is 1.85. The lowest BCUT2D eigenvalue weighted by molar-refractivity contribution is -0.138. The first-order chi connectivity index (χ1) is 13.2. The van der Waals surface area contributed by atoms with Gasteiger partial charge in [0.05, 0.1) is 5.25 Å². The Labute approximate surface area is 165 Å². The molecule has 28 heavy (non-hydrogen) atoms. The van der Waals surface area contributed by atoms with E-state index in [4.69, 9.17) is 0 Å². The van der Waals surface area contributed by atoms with Gasteiger partial charge in [0.1, 0.15) is 5.82 Å². The molecule has 0 saturated carbocycles. The fourth-order valence-corrected chi connectivity index (χ4v) is 5.53. The lowest BCUT2D eigenvalue weighted by atomic mass is 9.79. The molecule has 0 bridgehead atoms. The molecule has 3 rings (SSSR count). The number of carbonyl (C=O) groups is 1. The van der Waals surface area contributed by atoms with E-state index in [9.17, 15) is 22.7 Å². The average molecular weight is 411 g/mol. The number of halogens is 1. The summed E-state index contributed by atoms with van der Waals surface area (Å²) >= 11 is 0. The standard InChI is InChI=1S/C20H27FN2O4S/c1-13(2)28(26,27)23-8-6-14(11-20(24)25)16(12-23)10-19-18-4-3-17(21)9-15(18)5-7-22-19/h3-4,9,13-14,16H,5-8,10-12H2,1-2H3,(H,24,25). The zero-order valence-electron chi connectivity index (χ0n) is 16.3. The van der Waals surface area contributed by atoms with E-state index in [1.807, 2.05) is 0 Å². The van der Waals surface area contributed by atoms with Crippen molar-refractivity contribution in [2.45, 2.75) is 44.8 Å². The van der Waals surface area contributed by atoms with E-state index in [0.29, 0.717) is 38.9 Å². The second kappa shape index (κ2) is 8.29. The zero-order chi connectivity index (χ0) is 20.5. The van der Waals surface area contributed by atoms with Crippen LogP contribution in [0.25, 0.3) is 0 Å². The van der Waals surface area contributed by atoms with Crippen LogP contribution in [0, 0.1) is 17.7 Å². The van der Waals surface area contributed by atoms with Crippen LogP contribution < -0.4 is 0 Å². The molecule has 154 valence electrons. The predicted molar refractivity (Wildman–Crippen MR) is 106 cm³/mol. The maximum atomic E-state index is 13.6. The highest BCUT2D eigenvalue weighted by Gasteiger charge is 2.37. The van der Waals surface area contributed by atoms with Gasteiger partial charge < -0.3 is 5.11 Å². The Bertz CT molecular complexity index is 882. The van der Waals surface area contributed by atoms with E-state index in [1.54, 1.807) is 19.9 Å². The number of sulfonamides is 1. The lowest BCUT2D eigenvalue weighted by Crippen LogP contribution is -2.47. The van der Waals surface area contributed by atoms with Crippen LogP contribution in [-0.2, 0) is 21.2 Å². The molecule has 8 heteroatoms. The largest absolute Gasteiger partial charge is 0.481 e. The van der Waals surface area contributed by atoms with Crippen LogP contribution in [0.5, 0.6) is 0 Å². The van der Waals surface area contributed by atoms with Gasteiger partial charge in [0.2, 0.25) is 10.0 Å². The van der Waals surface area contributed by atoms with Crippen LogP contribution in [0.4, 0.5) is 4.39 Å². The Morgan fingerprint density at radius 2 is 2.11 bits per heavy atom. The minimum absolute atomic E-state index is 0.0176. The van der Waals surface area contributed by atoms with E-state index >= 15 is 0 Å². The molecule has 0 aliphatic carbocycles. The third kappa shape index (κ3) is 4.43. The van der Waals surface area contributed by atoms with Crippen LogP contribution in [0.15, 0.2) is 23.2 Å². The number of fused-ring (bicyclic) bond motifs is 1. The number of piperidine rings is 1. The van der Waals surface area contributed by atoms with Gasteiger partial charge in [-0.3, -0.25) is 9.79 Å². The van der Waals surface area contributed by atoms with Crippen molar-refractivity contribution in [1.82, 2.24) is 4.31 Å². The molecule has 0 aromatic heterocycles. The van der Waals surface area contributed by atoms with Crippen molar-refractivity contribution in [3.8, 4) is 0 Å². The maximum Gasteiger partial charge on any atom is 0.303 e. The average Bonchev–Trinajstić information content (AvgIpc) is 2.62. The first kappa shape index (κ1) is 20.9. The fraction of sp³-hybridized carbons (Fsp3) is 0.600. The Morgan fingerprint density at radius 1 is 1.36 bits per heavy atom. The highest BCUT2D eigenvalue weighted by atomic mass is 32.2. The normalized spacial score (nSPS) is 23.4. The quantitative estimate of drug-likeness (QED) is 0.781. The third-order valence-electron chi connectivity index (χ3n) is 5.76. The van der Waals surface area contributed by atoms with Gasteiger partial charge in [-0.15, -0.1) is 0 Å². The number of benzene rings is 1. The monoisotopic (exact) mass is 410 g/mol. The second-order valence-electron chi connectivity index (χ2n) is 7.94. The number of nitrogens with zero attached hydrogens (tertiary/aromatic N) is 2. The molecule has 0 radical (unpaired) electrons. The fourth-order valence-electron chi connectivity index (χ4n) is 4.17. The van der Waals surface area contributed by atoms with E-state index in [0.717, 1.165) is 16.8 Å². The molecule has 2 atom stereocenters. The van der Waals surface area contributed by atoms with Gasteiger partial charge in [0.25, 0.3) is 0 Å². The van der Waals surface area contributed by atoms with Crippen LogP contribution in [0.1, 0.15) is 44.2 Å². The molecule has 2 aliphatic rings. The summed E-state index contributed by atoms with van der Waals surface area (Å²) in [5, 5.41) is 8.77. The van der Waals surface area contributed by atoms with E-state index in [1.165, 1.54) is 16.4 Å². The minimum atomic E-state index is -3.40. The Hall–Kier alpha value is -1.80. The van der Waals surface area contributed by atoms with Gasteiger partial charge in [-0.1, -0.05) is 0 Å². The first-order valence-electron chi connectivity index (χ1n) is 9.71. The third-order valence-corrected chi connectivity index (χ3v) is 8.01. The molecule has 1 N–H and O–H groups in total. The SMILES string of the molecule is CC(C)S(=O)(=O)N1CCC(CC(=O)O)C(CC2=NCCc3cc(F)ccc32)C1. The molecule has 1 fully saturated rings. The van der Waals surface area contributed by atoms with Gasteiger partial charge in [-0.05, 0) is 74.3 Å². The number of hydrogen-bond acceptors (Lipinski definition) is 4. The summed E-state index contributed by atoms with van der Waals surface area (Å²) in [6.45, 7) is 4.53. The summed E-state index contributed by atoms with van der Waals surface area (Å²) < 4.78 is 40.3. The number of rotatable bonds is 6. The number of aliphatic imine (C=N–C) groups is 1. The molecule has 2 unspecified atom stereocenters. The zero-order valence-corrected chi connectivity index (χ0v) is 17.1. The van der Waals surface area contributed by atoms with Crippen molar-refractivity contribution < 1.29 is 22.7 Å². The topological polar surface area (TPSA) is 87.0 Å². The van der Waals surface area contributed by atoms with Crippen LogP contribution in [-0.4, -0.2) is 54.4 Å². The first-order valence-corrected chi connectivity index (χ1v) is 11.2. The molecular formula is C20H27FN2O4S. The molecule has 0 amide bonds. The van der Waals surface area contributed by atoms with Crippen molar-refractivity contribution in [2.24, 2.45) is 16.8 Å². The van der Waals surface area contributed by atoms with Crippen molar-refractivity contribution in [3.63, 3.8) is 0 Å². The molecule has 2 aliphatic heterocycles. The highest BCUT2D eigenvalue weighted by Crippen LogP contribution is 2.33. The Morgan fingerprint density at radius 3 is 2.79 bits per heavy atom. The molecule has 1 aromatic carbocycles. The number of hydrogen-bond donors (Lipinski definition) is 1. The van der Waals surface area contributed by atoms with Gasteiger partial charge in [-0.2, -0.15) is 0 Å². The molecule has 1 aromatic rings. The van der Waals surface area contributed by atoms with Crippen LogP contribution >= 0.6 is 0 Å². The smallest absolute Gasteiger partial charge is 0.303 e. The van der Waals surface area contributed by atoms with Crippen molar-refractivity contribution in [2.75, 3.05) is 19.6 Å². The number of aliphatic carboxylic acids is 1. The summed E-state index contributed by atoms with van der Waals surface area (Å²) in [4.78, 5) is 15.9. The molecule has 6 nitrogen and oxygen atoms in total. The number of carboxylic acids is 1. The summed E-state index contributed by atoms with van der Waals surface area (Å²) in [5.74, 6) is -1.39.